The Morgan fingerprint density at radius 1 is 1.14 bits per heavy atom. The van der Waals surface area contributed by atoms with Crippen molar-refractivity contribution in [2.24, 2.45) is 0 Å². The van der Waals surface area contributed by atoms with Gasteiger partial charge < -0.3 is 5.32 Å². The zero-order chi connectivity index (χ0) is 20.6. The standard InChI is InChI=1S/C21H21N3O3S2/c1-14-11-20(15(2)28-14)29(26,27)24-10-8-16-6-7-18(12-17(16)13-24)23-21(25)19-5-3-4-9-22-19/h3-7,9,11-12H,8,10,13H2,1-2H3,(H,23,25). The third-order valence-corrected chi connectivity index (χ3v) is 8.02. The third kappa shape index (κ3) is 3.96. The minimum atomic E-state index is -3.55. The van der Waals surface area contributed by atoms with Gasteiger partial charge in [-0.1, -0.05) is 12.1 Å². The number of fused-ring (bicyclic) bond motifs is 1. The smallest absolute Gasteiger partial charge is 0.274 e. The first kappa shape index (κ1) is 19.8. The van der Waals surface area contributed by atoms with E-state index in [1.807, 2.05) is 32.0 Å². The summed E-state index contributed by atoms with van der Waals surface area (Å²) in [5, 5.41) is 2.84. The second-order valence-corrected chi connectivity index (χ2v) is 10.4. The van der Waals surface area contributed by atoms with E-state index in [1.165, 1.54) is 15.6 Å². The van der Waals surface area contributed by atoms with E-state index >= 15 is 0 Å². The van der Waals surface area contributed by atoms with Gasteiger partial charge in [-0.15, -0.1) is 11.3 Å². The zero-order valence-corrected chi connectivity index (χ0v) is 17.8. The van der Waals surface area contributed by atoms with Crippen LogP contribution in [-0.2, 0) is 23.0 Å². The molecule has 3 aromatic rings. The van der Waals surface area contributed by atoms with Gasteiger partial charge in [-0.3, -0.25) is 9.78 Å². The molecule has 2 aromatic heterocycles. The molecule has 1 aliphatic heterocycles. The lowest BCUT2D eigenvalue weighted by molar-refractivity contribution is 0.102. The maximum Gasteiger partial charge on any atom is 0.274 e. The van der Waals surface area contributed by atoms with Crippen molar-refractivity contribution in [3.05, 3.63) is 75.2 Å². The molecule has 150 valence electrons. The highest BCUT2D eigenvalue weighted by atomic mass is 32.2. The Balaban J connectivity index is 1.57. The molecule has 1 amide bonds. The molecule has 0 aliphatic carbocycles. The molecule has 3 heterocycles. The molecule has 1 N–H and O–H groups in total. The van der Waals surface area contributed by atoms with Crippen LogP contribution in [0.5, 0.6) is 0 Å². The molecule has 0 radical (unpaired) electrons. The number of carbonyl (C=O) groups is 1. The lowest BCUT2D eigenvalue weighted by atomic mass is 10.0. The molecule has 0 atom stereocenters. The molecule has 0 unspecified atom stereocenters. The number of pyridine rings is 1. The SMILES string of the molecule is Cc1cc(S(=O)(=O)N2CCc3ccc(NC(=O)c4ccccn4)cc3C2)c(C)s1. The molecule has 0 saturated carbocycles. The summed E-state index contributed by atoms with van der Waals surface area (Å²) in [4.78, 5) is 18.6. The van der Waals surface area contributed by atoms with E-state index in [4.69, 9.17) is 0 Å². The number of aryl methyl sites for hydroxylation is 2. The number of nitrogens with one attached hydrogen (secondary N) is 1. The lowest BCUT2D eigenvalue weighted by Crippen LogP contribution is -2.36. The van der Waals surface area contributed by atoms with E-state index in [0.717, 1.165) is 20.9 Å². The van der Waals surface area contributed by atoms with Gasteiger partial charge in [-0.2, -0.15) is 4.31 Å². The number of thiophene rings is 1. The first-order valence-corrected chi connectivity index (χ1v) is 11.5. The van der Waals surface area contributed by atoms with Crippen LogP contribution < -0.4 is 5.32 Å². The maximum atomic E-state index is 13.1. The van der Waals surface area contributed by atoms with Gasteiger partial charge >= 0.3 is 0 Å². The number of rotatable bonds is 4. The van der Waals surface area contributed by atoms with Gasteiger partial charge in [0, 0.05) is 34.7 Å². The summed E-state index contributed by atoms with van der Waals surface area (Å²) in [5.41, 5.74) is 2.97. The number of hydrogen-bond acceptors (Lipinski definition) is 5. The van der Waals surface area contributed by atoms with Crippen LogP contribution in [0.3, 0.4) is 0 Å². The molecule has 0 spiro atoms. The van der Waals surface area contributed by atoms with E-state index in [2.05, 4.69) is 10.3 Å². The number of amides is 1. The van der Waals surface area contributed by atoms with Gasteiger partial charge in [-0.05, 0) is 61.7 Å². The summed E-state index contributed by atoms with van der Waals surface area (Å²) < 4.78 is 27.8. The zero-order valence-electron chi connectivity index (χ0n) is 16.2. The van der Waals surface area contributed by atoms with Gasteiger partial charge in [0.1, 0.15) is 5.69 Å². The van der Waals surface area contributed by atoms with Gasteiger partial charge in [-0.25, -0.2) is 8.42 Å². The molecule has 8 heteroatoms. The van der Waals surface area contributed by atoms with Crippen LogP contribution in [0, 0.1) is 13.8 Å². The van der Waals surface area contributed by atoms with Crippen molar-refractivity contribution in [1.29, 1.82) is 0 Å². The van der Waals surface area contributed by atoms with Crippen LogP contribution in [0.25, 0.3) is 0 Å². The van der Waals surface area contributed by atoms with Crippen LogP contribution in [0.2, 0.25) is 0 Å². The fraction of sp³-hybridized carbons (Fsp3) is 0.238. The molecular weight excluding hydrogens is 406 g/mol. The van der Waals surface area contributed by atoms with Crippen LogP contribution >= 0.6 is 11.3 Å². The number of nitrogens with zero attached hydrogens (tertiary/aromatic N) is 2. The second-order valence-electron chi connectivity index (χ2n) is 7.02. The molecule has 29 heavy (non-hydrogen) atoms. The predicted molar refractivity (Wildman–Crippen MR) is 114 cm³/mol. The number of benzene rings is 1. The molecule has 0 fully saturated rings. The molecule has 1 aromatic carbocycles. The van der Waals surface area contributed by atoms with Gasteiger partial charge in [0.2, 0.25) is 10.0 Å². The second kappa shape index (κ2) is 7.70. The molecule has 4 rings (SSSR count). The minimum Gasteiger partial charge on any atom is -0.321 e. The average molecular weight is 428 g/mol. The molecule has 6 nitrogen and oxygen atoms in total. The van der Waals surface area contributed by atoms with Crippen molar-refractivity contribution in [3.8, 4) is 0 Å². The Hall–Kier alpha value is -2.55. The van der Waals surface area contributed by atoms with Crippen LogP contribution in [0.1, 0.15) is 31.4 Å². The van der Waals surface area contributed by atoms with Crippen LogP contribution in [0.4, 0.5) is 5.69 Å². The summed E-state index contributed by atoms with van der Waals surface area (Å²) in [5.74, 6) is -0.296. The lowest BCUT2D eigenvalue weighted by Gasteiger charge is -2.28. The molecular formula is C21H21N3O3S2. The van der Waals surface area contributed by atoms with Gasteiger partial charge in [0.25, 0.3) is 5.91 Å². The van der Waals surface area contributed by atoms with Crippen LogP contribution in [0.15, 0.2) is 53.6 Å². The van der Waals surface area contributed by atoms with E-state index in [0.29, 0.717) is 35.8 Å². The van der Waals surface area contributed by atoms with Crippen molar-refractivity contribution < 1.29 is 13.2 Å². The molecule has 1 aliphatic rings. The topological polar surface area (TPSA) is 79.4 Å². The van der Waals surface area contributed by atoms with E-state index in [1.54, 1.807) is 30.5 Å². The van der Waals surface area contributed by atoms with Crippen molar-refractivity contribution in [1.82, 2.24) is 9.29 Å². The number of anilines is 1. The third-order valence-electron chi connectivity index (χ3n) is 4.95. The molecule has 0 bridgehead atoms. The highest BCUT2D eigenvalue weighted by Crippen LogP contribution is 2.31. The quantitative estimate of drug-likeness (QED) is 0.688. The summed E-state index contributed by atoms with van der Waals surface area (Å²) in [6.45, 7) is 4.50. The first-order valence-electron chi connectivity index (χ1n) is 9.26. The number of sulfonamides is 1. The highest BCUT2D eigenvalue weighted by molar-refractivity contribution is 7.89. The van der Waals surface area contributed by atoms with Gasteiger partial charge in [0.15, 0.2) is 0 Å². The summed E-state index contributed by atoms with van der Waals surface area (Å²) in [6, 6.07) is 12.5. The fourth-order valence-electron chi connectivity index (χ4n) is 3.51. The Labute approximate surface area is 174 Å². The Kier molecular flexibility index (Phi) is 5.24. The number of aromatic nitrogens is 1. The average Bonchev–Trinajstić information content (AvgIpc) is 3.07. The number of hydrogen-bond donors (Lipinski definition) is 1. The summed E-state index contributed by atoms with van der Waals surface area (Å²) in [7, 11) is -3.55. The largest absolute Gasteiger partial charge is 0.321 e. The van der Waals surface area contributed by atoms with Crippen molar-refractivity contribution in [3.63, 3.8) is 0 Å². The fourth-order valence-corrected chi connectivity index (χ4v) is 6.45. The van der Waals surface area contributed by atoms with Crippen molar-refractivity contribution in [2.75, 3.05) is 11.9 Å². The first-order chi connectivity index (χ1) is 13.8. The van der Waals surface area contributed by atoms with Crippen molar-refractivity contribution >= 4 is 33.0 Å². The highest BCUT2D eigenvalue weighted by Gasteiger charge is 2.30. The minimum absolute atomic E-state index is 0.291. The summed E-state index contributed by atoms with van der Waals surface area (Å²) in [6.07, 6.45) is 2.21. The van der Waals surface area contributed by atoms with E-state index in [-0.39, 0.29) is 5.91 Å². The Bertz CT molecular complexity index is 1170. The monoisotopic (exact) mass is 427 g/mol. The van der Waals surface area contributed by atoms with Gasteiger partial charge in [0.05, 0.1) is 4.90 Å². The Morgan fingerprint density at radius 3 is 2.66 bits per heavy atom. The number of carbonyl (C=O) groups excluding carboxylic acids is 1. The Morgan fingerprint density at radius 2 is 1.97 bits per heavy atom. The molecule has 0 saturated heterocycles. The maximum absolute atomic E-state index is 13.1. The van der Waals surface area contributed by atoms with Crippen molar-refractivity contribution in [2.45, 2.75) is 31.7 Å². The predicted octanol–water partition coefficient (Wildman–Crippen LogP) is 3.76. The van der Waals surface area contributed by atoms with Crippen LogP contribution in [-0.4, -0.2) is 30.2 Å². The summed E-state index contributed by atoms with van der Waals surface area (Å²) >= 11 is 1.49. The van der Waals surface area contributed by atoms with E-state index < -0.39 is 10.0 Å². The van der Waals surface area contributed by atoms with E-state index in [9.17, 15) is 13.2 Å². The normalized spacial score (nSPS) is 14.4.